The van der Waals surface area contributed by atoms with Gasteiger partial charge in [-0.25, -0.2) is 4.79 Å². The molecule has 2 aromatic rings. The van der Waals surface area contributed by atoms with Gasteiger partial charge in [0.1, 0.15) is 6.10 Å². The second-order valence-corrected chi connectivity index (χ2v) is 9.94. The first-order valence-corrected chi connectivity index (χ1v) is 12.7. The molecular weight excluding hydrogens is 456 g/mol. The number of hydrogen-bond acceptors (Lipinski definition) is 6. The summed E-state index contributed by atoms with van der Waals surface area (Å²) in [6.45, 7) is 1.84. The number of ketones is 1. The monoisotopic (exact) mass is 486 g/mol. The summed E-state index contributed by atoms with van der Waals surface area (Å²) in [7, 11) is 0. The van der Waals surface area contributed by atoms with E-state index in [1.54, 1.807) is 12.1 Å². The van der Waals surface area contributed by atoms with Crippen LogP contribution in [0.4, 0.5) is 5.69 Å². The van der Waals surface area contributed by atoms with Gasteiger partial charge in [0, 0.05) is 41.4 Å². The Labute approximate surface area is 210 Å². The van der Waals surface area contributed by atoms with E-state index >= 15 is 0 Å². The molecule has 1 aliphatic heterocycles. The molecule has 3 aliphatic rings. The molecule has 7 heteroatoms. The summed E-state index contributed by atoms with van der Waals surface area (Å²) in [6, 6.07) is 16.1. The van der Waals surface area contributed by atoms with E-state index in [9.17, 15) is 19.7 Å². The molecule has 0 amide bonds. The Morgan fingerprint density at radius 2 is 1.67 bits per heavy atom. The van der Waals surface area contributed by atoms with Crippen LogP contribution in [0.1, 0.15) is 74.8 Å². The van der Waals surface area contributed by atoms with E-state index in [2.05, 4.69) is 5.32 Å². The number of non-ortho nitro benzene ring substituents is 1. The molecule has 0 saturated heterocycles. The number of nitro benzene ring substituents is 1. The average molecular weight is 487 g/mol. The van der Waals surface area contributed by atoms with Gasteiger partial charge in [-0.3, -0.25) is 14.9 Å². The van der Waals surface area contributed by atoms with Crippen molar-refractivity contribution in [2.45, 2.75) is 69.8 Å². The van der Waals surface area contributed by atoms with Gasteiger partial charge < -0.3 is 10.1 Å². The van der Waals surface area contributed by atoms with Crippen LogP contribution in [-0.2, 0) is 14.3 Å². The van der Waals surface area contributed by atoms with Crippen LogP contribution in [-0.4, -0.2) is 22.8 Å². The topological polar surface area (TPSA) is 98.5 Å². The molecule has 1 heterocycles. The maximum absolute atomic E-state index is 13.7. The second kappa shape index (κ2) is 10.1. The summed E-state index contributed by atoms with van der Waals surface area (Å²) in [5.41, 5.74) is 4.21. The summed E-state index contributed by atoms with van der Waals surface area (Å²) in [4.78, 5) is 38.0. The summed E-state index contributed by atoms with van der Waals surface area (Å²) >= 11 is 0. The molecule has 36 heavy (non-hydrogen) atoms. The van der Waals surface area contributed by atoms with E-state index in [0.717, 1.165) is 43.4 Å². The third-order valence-corrected chi connectivity index (χ3v) is 7.58. The molecule has 0 aromatic heterocycles. The fraction of sp³-hybridized carbons (Fsp3) is 0.379. The lowest BCUT2D eigenvalue weighted by Gasteiger charge is -2.37. The van der Waals surface area contributed by atoms with E-state index in [-0.39, 0.29) is 23.5 Å². The maximum Gasteiger partial charge on any atom is 0.337 e. The fourth-order valence-corrected chi connectivity index (χ4v) is 5.79. The van der Waals surface area contributed by atoms with Gasteiger partial charge in [-0.2, -0.15) is 0 Å². The van der Waals surface area contributed by atoms with E-state index in [1.165, 1.54) is 12.1 Å². The molecule has 0 bridgehead atoms. The molecule has 2 aromatic carbocycles. The number of benzene rings is 2. The normalized spacial score (nSPS) is 22.6. The van der Waals surface area contributed by atoms with Crippen LogP contribution in [0, 0.1) is 10.1 Å². The molecule has 186 valence electrons. The molecule has 1 fully saturated rings. The Morgan fingerprint density at radius 1 is 0.972 bits per heavy atom. The zero-order valence-electron chi connectivity index (χ0n) is 20.4. The first-order chi connectivity index (χ1) is 17.4. The van der Waals surface area contributed by atoms with E-state index < -0.39 is 16.8 Å². The highest BCUT2D eigenvalue weighted by molar-refractivity contribution is 6.04. The zero-order chi connectivity index (χ0) is 25.2. The van der Waals surface area contributed by atoms with Crippen molar-refractivity contribution in [3.8, 4) is 0 Å². The van der Waals surface area contributed by atoms with Gasteiger partial charge >= 0.3 is 5.97 Å². The predicted molar refractivity (Wildman–Crippen MR) is 135 cm³/mol. The lowest BCUT2D eigenvalue weighted by atomic mass is 9.71. The van der Waals surface area contributed by atoms with Gasteiger partial charge in [0.25, 0.3) is 5.69 Å². The Hall–Kier alpha value is -3.74. The standard InChI is InChI=1S/C29H30N2O5/c1-18-26(29(33)36-23-10-6-3-7-11-23)27(20-12-14-22(15-13-20)31(34)35)28-24(30-18)16-21(17-25(28)32)19-8-4-2-5-9-19/h2,4-5,8-9,12-15,21,23,27,30H,3,6-7,10-11,16-17H2,1H3/t21-,27-/m0/s1. The molecule has 0 spiro atoms. The number of rotatable bonds is 5. The van der Waals surface area contributed by atoms with Gasteiger partial charge in [-0.15, -0.1) is 0 Å². The Balaban J connectivity index is 1.53. The van der Waals surface area contributed by atoms with Crippen LogP contribution in [0.15, 0.2) is 77.1 Å². The lowest BCUT2D eigenvalue weighted by molar-refractivity contribution is -0.384. The minimum absolute atomic E-state index is 0.0172. The van der Waals surface area contributed by atoms with Crippen LogP contribution >= 0.6 is 0 Å². The van der Waals surface area contributed by atoms with Crippen LogP contribution in [0.3, 0.4) is 0 Å². The van der Waals surface area contributed by atoms with Crippen LogP contribution < -0.4 is 5.32 Å². The Bertz CT molecular complexity index is 1240. The first kappa shape index (κ1) is 24.0. The number of esters is 1. The number of carbonyl (C=O) groups excluding carboxylic acids is 2. The quantitative estimate of drug-likeness (QED) is 0.324. The van der Waals surface area contributed by atoms with Crippen molar-refractivity contribution in [2.75, 3.05) is 0 Å². The van der Waals surface area contributed by atoms with Crippen molar-refractivity contribution in [1.29, 1.82) is 0 Å². The highest BCUT2D eigenvalue weighted by atomic mass is 16.6. The lowest BCUT2D eigenvalue weighted by Crippen LogP contribution is -2.37. The fourth-order valence-electron chi connectivity index (χ4n) is 5.79. The molecular formula is C29H30N2O5. The first-order valence-electron chi connectivity index (χ1n) is 12.7. The van der Waals surface area contributed by atoms with Crippen molar-refractivity contribution in [2.24, 2.45) is 0 Å². The molecule has 2 aliphatic carbocycles. The number of hydrogen-bond donors (Lipinski definition) is 1. The minimum Gasteiger partial charge on any atom is -0.459 e. The largest absolute Gasteiger partial charge is 0.459 e. The molecule has 0 unspecified atom stereocenters. The van der Waals surface area contributed by atoms with Crippen LogP contribution in [0.25, 0.3) is 0 Å². The molecule has 1 saturated carbocycles. The summed E-state index contributed by atoms with van der Waals surface area (Å²) in [5, 5.41) is 14.6. The van der Waals surface area contributed by atoms with Gasteiger partial charge in [0.05, 0.1) is 10.5 Å². The van der Waals surface area contributed by atoms with Crippen molar-refractivity contribution >= 4 is 17.4 Å². The van der Waals surface area contributed by atoms with Gasteiger partial charge in [0.15, 0.2) is 5.78 Å². The molecule has 2 atom stereocenters. The SMILES string of the molecule is CC1=C(C(=O)OC2CCCCC2)[C@H](c2ccc([N+](=O)[O-])cc2)C2=C(C[C@H](c3ccccc3)CC2=O)N1. The predicted octanol–water partition coefficient (Wildman–Crippen LogP) is 5.83. The zero-order valence-corrected chi connectivity index (χ0v) is 20.4. The number of nitrogens with one attached hydrogen (secondary N) is 1. The van der Waals surface area contributed by atoms with Crippen LogP contribution in [0.2, 0.25) is 0 Å². The summed E-state index contributed by atoms with van der Waals surface area (Å²) in [5.74, 6) is -1.01. The van der Waals surface area contributed by atoms with Crippen molar-refractivity contribution in [3.63, 3.8) is 0 Å². The number of carbonyl (C=O) groups is 2. The number of allylic oxidation sites excluding steroid dienone is 3. The third-order valence-electron chi connectivity index (χ3n) is 7.58. The van der Waals surface area contributed by atoms with Gasteiger partial charge in [-0.1, -0.05) is 48.9 Å². The number of nitrogens with zero attached hydrogens (tertiary/aromatic N) is 1. The number of dihydropyridines is 1. The van der Waals surface area contributed by atoms with Crippen molar-refractivity contribution in [1.82, 2.24) is 5.32 Å². The van der Waals surface area contributed by atoms with Gasteiger partial charge in [-0.05, 0) is 56.1 Å². The van der Waals surface area contributed by atoms with E-state index in [1.807, 2.05) is 37.3 Å². The van der Waals surface area contributed by atoms with Crippen LogP contribution in [0.5, 0.6) is 0 Å². The average Bonchev–Trinajstić information content (AvgIpc) is 2.89. The third kappa shape index (κ3) is 4.70. The number of Topliss-reactive ketones (excluding diaryl/α,β-unsaturated/α-hetero) is 1. The number of ether oxygens (including phenoxy) is 1. The maximum atomic E-state index is 13.7. The van der Waals surface area contributed by atoms with Crippen molar-refractivity contribution in [3.05, 3.63) is 98.4 Å². The Morgan fingerprint density at radius 3 is 2.33 bits per heavy atom. The summed E-state index contributed by atoms with van der Waals surface area (Å²) < 4.78 is 5.94. The van der Waals surface area contributed by atoms with Gasteiger partial charge in [0.2, 0.25) is 0 Å². The highest BCUT2D eigenvalue weighted by Crippen LogP contribution is 2.46. The molecule has 7 nitrogen and oxygen atoms in total. The number of nitro groups is 1. The smallest absolute Gasteiger partial charge is 0.337 e. The highest BCUT2D eigenvalue weighted by Gasteiger charge is 2.42. The summed E-state index contributed by atoms with van der Waals surface area (Å²) in [6.07, 6.45) is 5.79. The second-order valence-electron chi connectivity index (χ2n) is 9.94. The minimum atomic E-state index is -0.623. The van der Waals surface area contributed by atoms with E-state index in [0.29, 0.717) is 35.2 Å². The molecule has 5 rings (SSSR count). The Kier molecular flexibility index (Phi) is 6.72. The molecule has 0 radical (unpaired) electrons. The molecule has 1 N–H and O–H groups in total. The van der Waals surface area contributed by atoms with E-state index in [4.69, 9.17) is 4.74 Å². The van der Waals surface area contributed by atoms with Crippen molar-refractivity contribution < 1.29 is 19.2 Å².